The first kappa shape index (κ1) is 14.9. The molecular formula is C15H18N2O4. The van der Waals surface area contributed by atoms with Crippen LogP contribution in [0.2, 0.25) is 0 Å². The van der Waals surface area contributed by atoms with Crippen LogP contribution in [0.3, 0.4) is 0 Å². The highest BCUT2D eigenvalue weighted by atomic mass is 16.5. The van der Waals surface area contributed by atoms with E-state index in [0.29, 0.717) is 17.3 Å². The number of ether oxygens (including phenoxy) is 2. The van der Waals surface area contributed by atoms with Crippen molar-refractivity contribution in [2.24, 2.45) is 0 Å². The van der Waals surface area contributed by atoms with Gasteiger partial charge in [0.15, 0.2) is 5.69 Å². The standard InChI is InChI=1S/C15H18N2O4/c1-9-7-13(17-21-9)15(18)16-10(2)12-6-5-11(19-3)8-14(12)20-4/h5-8,10H,1-4H3,(H,16,18)/t10-/m1/s1. The van der Waals surface area contributed by atoms with Crippen LogP contribution in [-0.2, 0) is 0 Å². The Kier molecular flexibility index (Phi) is 4.47. The summed E-state index contributed by atoms with van der Waals surface area (Å²) >= 11 is 0. The van der Waals surface area contributed by atoms with E-state index in [1.807, 2.05) is 19.1 Å². The topological polar surface area (TPSA) is 73.6 Å². The lowest BCUT2D eigenvalue weighted by Gasteiger charge is -2.17. The van der Waals surface area contributed by atoms with Crippen molar-refractivity contribution in [1.82, 2.24) is 10.5 Å². The Balaban J connectivity index is 2.16. The predicted molar refractivity (Wildman–Crippen MR) is 76.7 cm³/mol. The number of methoxy groups -OCH3 is 2. The van der Waals surface area contributed by atoms with Gasteiger partial charge in [0.2, 0.25) is 0 Å². The van der Waals surface area contributed by atoms with Crippen LogP contribution in [0.15, 0.2) is 28.8 Å². The maximum absolute atomic E-state index is 12.1. The van der Waals surface area contributed by atoms with Crippen LogP contribution in [0.1, 0.15) is 34.8 Å². The van der Waals surface area contributed by atoms with Gasteiger partial charge >= 0.3 is 0 Å². The highest BCUT2D eigenvalue weighted by molar-refractivity contribution is 5.92. The van der Waals surface area contributed by atoms with Crippen molar-refractivity contribution in [3.05, 3.63) is 41.3 Å². The third-order valence-corrected chi connectivity index (χ3v) is 3.12. The van der Waals surface area contributed by atoms with E-state index in [4.69, 9.17) is 14.0 Å². The average molecular weight is 290 g/mol. The Morgan fingerprint density at radius 3 is 2.62 bits per heavy atom. The fraction of sp³-hybridized carbons (Fsp3) is 0.333. The number of carbonyl (C=O) groups is 1. The number of aryl methyl sites for hydroxylation is 1. The number of amides is 1. The molecule has 0 fully saturated rings. The SMILES string of the molecule is COc1ccc([C@@H](C)NC(=O)c2cc(C)on2)c(OC)c1. The lowest BCUT2D eigenvalue weighted by molar-refractivity contribution is 0.0930. The van der Waals surface area contributed by atoms with Crippen LogP contribution < -0.4 is 14.8 Å². The van der Waals surface area contributed by atoms with Crippen LogP contribution >= 0.6 is 0 Å². The normalized spacial score (nSPS) is 11.8. The molecule has 0 aliphatic carbocycles. The van der Waals surface area contributed by atoms with Gasteiger partial charge in [0, 0.05) is 17.7 Å². The number of nitrogens with one attached hydrogen (secondary N) is 1. The molecule has 2 rings (SSSR count). The molecule has 2 aromatic rings. The van der Waals surface area contributed by atoms with Gasteiger partial charge in [0.05, 0.1) is 20.3 Å². The Labute approximate surface area is 123 Å². The maximum atomic E-state index is 12.1. The summed E-state index contributed by atoms with van der Waals surface area (Å²) < 4.78 is 15.4. The summed E-state index contributed by atoms with van der Waals surface area (Å²) in [5.74, 6) is 1.65. The molecule has 6 heteroatoms. The minimum absolute atomic E-state index is 0.240. The van der Waals surface area contributed by atoms with Gasteiger partial charge in [-0.3, -0.25) is 4.79 Å². The van der Waals surface area contributed by atoms with E-state index in [0.717, 1.165) is 5.56 Å². The van der Waals surface area contributed by atoms with Crippen molar-refractivity contribution < 1.29 is 18.8 Å². The molecule has 0 unspecified atom stereocenters. The zero-order valence-electron chi connectivity index (χ0n) is 12.5. The number of carbonyl (C=O) groups excluding carboxylic acids is 1. The van der Waals surface area contributed by atoms with E-state index in [1.54, 1.807) is 33.3 Å². The summed E-state index contributed by atoms with van der Waals surface area (Å²) in [7, 11) is 3.17. The van der Waals surface area contributed by atoms with Gasteiger partial charge in [-0.15, -0.1) is 0 Å². The molecule has 0 aliphatic heterocycles. The fourth-order valence-electron chi connectivity index (χ4n) is 2.00. The zero-order chi connectivity index (χ0) is 15.4. The van der Waals surface area contributed by atoms with Gasteiger partial charge in [-0.25, -0.2) is 0 Å². The summed E-state index contributed by atoms with van der Waals surface area (Å²) in [6, 6.07) is 6.80. The monoisotopic (exact) mass is 290 g/mol. The second-order valence-electron chi connectivity index (χ2n) is 4.63. The Hall–Kier alpha value is -2.50. The van der Waals surface area contributed by atoms with Gasteiger partial charge in [-0.05, 0) is 26.0 Å². The molecule has 0 spiro atoms. The van der Waals surface area contributed by atoms with Crippen molar-refractivity contribution in [1.29, 1.82) is 0 Å². The number of rotatable bonds is 5. The van der Waals surface area contributed by atoms with Crippen molar-refractivity contribution in [3.8, 4) is 11.5 Å². The summed E-state index contributed by atoms with van der Waals surface area (Å²) in [5, 5.41) is 6.55. The van der Waals surface area contributed by atoms with Crippen molar-refractivity contribution in [2.75, 3.05) is 14.2 Å². The van der Waals surface area contributed by atoms with Crippen molar-refractivity contribution in [3.63, 3.8) is 0 Å². The maximum Gasteiger partial charge on any atom is 0.273 e. The van der Waals surface area contributed by atoms with Crippen LogP contribution in [-0.4, -0.2) is 25.3 Å². The summed E-state index contributed by atoms with van der Waals surface area (Å²) in [4.78, 5) is 12.1. The van der Waals surface area contributed by atoms with E-state index in [9.17, 15) is 4.79 Å². The molecule has 0 saturated carbocycles. The first-order valence-corrected chi connectivity index (χ1v) is 6.51. The molecule has 0 radical (unpaired) electrons. The van der Waals surface area contributed by atoms with Crippen LogP contribution in [0.5, 0.6) is 11.5 Å². The Morgan fingerprint density at radius 2 is 2.05 bits per heavy atom. The zero-order valence-corrected chi connectivity index (χ0v) is 12.5. The summed E-state index contributed by atoms with van der Waals surface area (Å²) in [5.41, 5.74) is 1.11. The van der Waals surface area contributed by atoms with Crippen molar-refractivity contribution in [2.45, 2.75) is 19.9 Å². The lowest BCUT2D eigenvalue weighted by atomic mass is 10.1. The van der Waals surface area contributed by atoms with E-state index in [2.05, 4.69) is 10.5 Å². The molecule has 1 amide bonds. The van der Waals surface area contributed by atoms with E-state index >= 15 is 0 Å². The van der Waals surface area contributed by atoms with Crippen LogP contribution in [0.4, 0.5) is 0 Å². The molecule has 1 heterocycles. The fourth-order valence-corrected chi connectivity index (χ4v) is 2.00. The largest absolute Gasteiger partial charge is 0.497 e. The van der Waals surface area contributed by atoms with Gasteiger partial charge < -0.3 is 19.3 Å². The molecule has 1 atom stereocenters. The molecule has 0 saturated heterocycles. The van der Waals surface area contributed by atoms with Gasteiger partial charge in [0.25, 0.3) is 5.91 Å². The third kappa shape index (κ3) is 3.34. The number of aromatic nitrogens is 1. The molecule has 112 valence electrons. The van der Waals surface area contributed by atoms with Gasteiger partial charge in [-0.1, -0.05) is 5.16 Å². The van der Waals surface area contributed by atoms with Gasteiger partial charge in [-0.2, -0.15) is 0 Å². The molecule has 0 aliphatic rings. The predicted octanol–water partition coefficient (Wildman–Crippen LogP) is 2.49. The first-order valence-electron chi connectivity index (χ1n) is 6.51. The second-order valence-corrected chi connectivity index (χ2v) is 4.63. The Bertz CT molecular complexity index is 636. The highest BCUT2D eigenvalue weighted by Crippen LogP contribution is 2.29. The smallest absolute Gasteiger partial charge is 0.273 e. The molecular weight excluding hydrogens is 272 g/mol. The molecule has 0 bridgehead atoms. The lowest BCUT2D eigenvalue weighted by Crippen LogP contribution is -2.27. The molecule has 1 aromatic carbocycles. The van der Waals surface area contributed by atoms with E-state index in [1.165, 1.54) is 0 Å². The molecule has 1 aromatic heterocycles. The number of nitrogens with zero attached hydrogens (tertiary/aromatic N) is 1. The minimum atomic E-state index is -0.294. The molecule has 6 nitrogen and oxygen atoms in total. The summed E-state index contributed by atoms with van der Waals surface area (Å²) in [6.45, 7) is 3.61. The minimum Gasteiger partial charge on any atom is -0.497 e. The van der Waals surface area contributed by atoms with E-state index < -0.39 is 0 Å². The average Bonchev–Trinajstić information content (AvgIpc) is 2.93. The quantitative estimate of drug-likeness (QED) is 0.915. The number of benzene rings is 1. The summed E-state index contributed by atoms with van der Waals surface area (Å²) in [6.07, 6.45) is 0. The van der Waals surface area contributed by atoms with Crippen molar-refractivity contribution >= 4 is 5.91 Å². The highest BCUT2D eigenvalue weighted by Gasteiger charge is 2.18. The third-order valence-electron chi connectivity index (χ3n) is 3.12. The number of hydrogen-bond donors (Lipinski definition) is 1. The van der Waals surface area contributed by atoms with E-state index in [-0.39, 0.29) is 17.6 Å². The van der Waals surface area contributed by atoms with Crippen LogP contribution in [0.25, 0.3) is 0 Å². The van der Waals surface area contributed by atoms with Crippen LogP contribution in [0, 0.1) is 6.92 Å². The second kappa shape index (κ2) is 6.30. The molecule has 1 N–H and O–H groups in total. The number of hydrogen-bond acceptors (Lipinski definition) is 5. The van der Waals surface area contributed by atoms with Gasteiger partial charge in [0.1, 0.15) is 17.3 Å². The first-order chi connectivity index (χ1) is 10.0. The molecule has 21 heavy (non-hydrogen) atoms. The Morgan fingerprint density at radius 1 is 1.29 bits per heavy atom.